The Labute approximate surface area is 110 Å². The number of esters is 1. The molecule has 0 aromatic rings. The molecule has 4 heteroatoms. The molecule has 0 aromatic carbocycles. The number of carbonyl (C=O) groups excluding carboxylic acids is 1. The number of hydrogen-bond donors (Lipinski definition) is 0. The molecule has 1 heterocycles. The molecule has 0 N–H and O–H groups in total. The Kier molecular flexibility index (Phi) is 4.28. The normalized spacial score (nSPS) is 27.9. The standard InChI is InChI=1S/C14H25NO3/c1-11(13(16)17-3)10-15(2)12-5-8-18-14(9-12)6-4-7-14/h11-12H,4-10H2,1-3H3. The second-order valence-electron chi connectivity index (χ2n) is 5.90. The summed E-state index contributed by atoms with van der Waals surface area (Å²) in [6, 6.07) is 0.547. The molecule has 0 bridgehead atoms. The quantitative estimate of drug-likeness (QED) is 0.718. The third-order valence-corrected chi connectivity index (χ3v) is 4.52. The van der Waals surface area contributed by atoms with Crippen LogP contribution < -0.4 is 0 Å². The Morgan fingerprint density at radius 2 is 2.28 bits per heavy atom. The summed E-state index contributed by atoms with van der Waals surface area (Å²) < 4.78 is 10.7. The summed E-state index contributed by atoms with van der Waals surface area (Å²) in [6.07, 6.45) is 5.92. The average molecular weight is 255 g/mol. The van der Waals surface area contributed by atoms with Gasteiger partial charge in [-0.3, -0.25) is 4.79 Å². The van der Waals surface area contributed by atoms with Crippen LogP contribution in [-0.4, -0.2) is 49.8 Å². The van der Waals surface area contributed by atoms with Crippen molar-refractivity contribution in [1.29, 1.82) is 0 Å². The molecule has 1 spiro atoms. The van der Waals surface area contributed by atoms with Crippen molar-refractivity contribution in [1.82, 2.24) is 4.90 Å². The monoisotopic (exact) mass is 255 g/mol. The molecule has 2 aliphatic rings. The fourth-order valence-electron chi connectivity index (χ4n) is 3.15. The minimum atomic E-state index is -0.118. The number of nitrogens with zero attached hydrogens (tertiary/aromatic N) is 1. The van der Waals surface area contributed by atoms with E-state index in [1.165, 1.54) is 26.4 Å². The minimum absolute atomic E-state index is 0.0554. The SMILES string of the molecule is COC(=O)C(C)CN(C)C1CCOC2(CCC2)C1. The van der Waals surface area contributed by atoms with E-state index in [2.05, 4.69) is 11.9 Å². The summed E-state index contributed by atoms with van der Waals surface area (Å²) in [5, 5.41) is 0. The van der Waals surface area contributed by atoms with E-state index >= 15 is 0 Å². The fourth-order valence-corrected chi connectivity index (χ4v) is 3.15. The van der Waals surface area contributed by atoms with Gasteiger partial charge in [-0.2, -0.15) is 0 Å². The van der Waals surface area contributed by atoms with Crippen LogP contribution in [-0.2, 0) is 14.3 Å². The first kappa shape index (κ1) is 13.8. The zero-order valence-electron chi connectivity index (χ0n) is 11.8. The smallest absolute Gasteiger partial charge is 0.309 e. The van der Waals surface area contributed by atoms with Crippen molar-refractivity contribution in [2.45, 2.75) is 50.7 Å². The summed E-state index contributed by atoms with van der Waals surface area (Å²) in [4.78, 5) is 13.8. The molecule has 1 aliphatic carbocycles. The van der Waals surface area contributed by atoms with Crippen LogP contribution in [0.1, 0.15) is 39.0 Å². The lowest BCUT2D eigenvalue weighted by atomic mass is 9.73. The van der Waals surface area contributed by atoms with Gasteiger partial charge in [0.15, 0.2) is 0 Å². The maximum absolute atomic E-state index is 11.5. The zero-order valence-corrected chi connectivity index (χ0v) is 11.8. The predicted octanol–water partition coefficient (Wildman–Crippen LogP) is 1.83. The van der Waals surface area contributed by atoms with Crippen LogP contribution in [0.15, 0.2) is 0 Å². The van der Waals surface area contributed by atoms with E-state index in [0.717, 1.165) is 26.0 Å². The fraction of sp³-hybridized carbons (Fsp3) is 0.929. The van der Waals surface area contributed by atoms with Gasteiger partial charge in [0.2, 0.25) is 0 Å². The lowest BCUT2D eigenvalue weighted by Gasteiger charge is -2.49. The van der Waals surface area contributed by atoms with Crippen molar-refractivity contribution in [3.05, 3.63) is 0 Å². The minimum Gasteiger partial charge on any atom is -0.469 e. The van der Waals surface area contributed by atoms with Crippen LogP contribution in [0.2, 0.25) is 0 Å². The molecule has 2 fully saturated rings. The van der Waals surface area contributed by atoms with Gasteiger partial charge < -0.3 is 14.4 Å². The van der Waals surface area contributed by atoms with E-state index in [9.17, 15) is 4.79 Å². The first-order valence-corrected chi connectivity index (χ1v) is 6.98. The van der Waals surface area contributed by atoms with Crippen molar-refractivity contribution in [2.24, 2.45) is 5.92 Å². The number of methoxy groups -OCH3 is 1. The predicted molar refractivity (Wildman–Crippen MR) is 69.4 cm³/mol. The van der Waals surface area contributed by atoms with E-state index in [4.69, 9.17) is 9.47 Å². The van der Waals surface area contributed by atoms with Crippen molar-refractivity contribution >= 4 is 5.97 Å². The highest BCUT2D eigenvalue weighted by Crippen LogP contribution is 2.43. The van der Waals surface area contributed by atoms with Gasteiger partial charge in [-0.15, -0.1) is 0 Å². The molecule has 0 radical (unpaired) electrons. The van der Waals surface area contributed by atoms with Gasteiger partial charge in [-0.1, -0.05) is 6.92 Å². The maximum atomic E-state index is 11.5. The van der Waals surface area contributed by atoms with Gasteiger partial charge in [0, 0.05) is 19.2 Å². The molecule has 1 aliphatic heterocycles. The Morgan fingerprint density at radius 1 is 1.56 bits per heavy atom. The van der Waals surface area contributed by atoms with Crippen LogP contribution in [0.3, 0.4) is 0 Å². The summed E-state index contributed by atoms with van der Waals surface area (Å²) in [6.45, 7) is 3.57. The van der Waals surface area contributed by atoms with Crippen molar-refractivity contribution in [3.63, 3.8) is 0 Å². The van der Waals surface area contributed by atoms with Gasteiger partial charge >= 0.3 is 5.97 Å². The maximum Gasteiger partial charge on any atom is 0.309 e. The van der Waals surface area contributed by atoms with E-state index in [0.29, 0.717) is 6.04 Å². The van der Waals surface area contributed by atoms with E-state index in [1.807, 2.05) is 6.92 Å². The molecular weight excluding hydrogens is 230 g/mol. The number of hydrogen-bond acceptors (Lipinski definition) is 4. The van der Waals surface area contributed by atoms with Crippen LogP contribution in [0.4, 0.5) is 0 Å². The highest BCUT2D eigenvalue weighted by Gasteiger charge is 2.43. The van der Waals surface area contributed by atoms with Crippen LogP contribution >= 0.6 is 0 Å². The van der Waals surface area contributed by atoms with Crippen LogP contribution in [0.5, 0.6) is 0 Å². The van der Waals surface area contributed by atoms with Crippen LogP contribution in [0.25, 0.3) is 0 Å². The van der Waals surface area contributed by atoms with Gasteiger partial charge in [0.1, 0.15) is 0 Å². The van der Waals surface area contributed by atoms with Crippen LogP contribution in [0, 0.1) is 5.92 Å². The lowest BCUT2D eigenvalue weighted by molar-refractivity contribution is -0.151. The molecule has 4 nitrogen and oxygen atoms in total. The molecule has 2 rings (SSSR count). The summed E-state index contributed by atoms with van der Waals surface area (Å²) in [5.74, 6) is -0.174. The van der Waals surface area contributed by atoms with Crippen molar-refractivity contribution in [3.8, 4) is 0 Å². The van der Waals surface area contributed by atoms with Gasteiger partial charge in [-0.25, -0.2) is 0 Å². The van der Waals surface area contributed by atoms with Crippen molar-refractivity contribution < 1.29 is 14.3 Å². The largest absolute Gasteiger partial charge is 0.469 e. The second kappa shape index (κ2) is 5.57. The molecule has 104 valence electrons. The molecule has 2 unspecified atom stereocenters. The Balaban J connectivity index is 1.84. The second-order valence-corrected chi connectivity index (χ2v) is 5.90. The molecule has 0 aromatic heterocycles. The van der Waals surface area contributed by atoms with E-state index < -0.39 is 0 Å². The zero-order chi connectivity index (χ0) is 13.2. The Morgan fingerprint density at radius 3 is 2.83 bits per heavy atom. The highest BCUT2D eigenvalue weighted by molar-refractivity contribution is 5.72. The summed E-state index contributed by atoms with van der Waals surface area (Å²) >= 11 is 0. The molecule has 2 atom stereocenters. The van der Waals surface area contributed by atoms with Gasteiger partial charge in [0.25, 0.3) is 0 Å². The number of ether oxygens (including phenoxy) is 2. The number of rotatable bonds is 4. The molecular formula is C14H25NO3. The summed E-state index contributed by atoms with van der Waals surface area (Å²) in [5.41, 5.74) is 0.172. The third kappa shape index (κ3) is 2.86. The molecule has 18 heavy (non-hydrogen) atoms. The summed E-state index contributed by atoms with van der Waals surface area (Å²) in [7, 11) is 3.57. The molecule has 0 amide bonds. The van der Waals surface area contributed by atoms with E-state index in [1.54, 1.807) is 0 Å². The first-order chi connectivity index (χ1) is 8.56. The van der Waals surface area contributed by atoms with Crippen molar-refractivity contribution in [2.75, 3.05) is 27.3 Å². The van der Waals surface area contributed by atoms with Gasteiger partial charge in [0.05, 0.1) is 18.6 Å². The highest BCUT2D eigenvalue weighted by atomic mass is 16.5. The average Bonchev–Trinajstić information content (AvgIpc) is 2.35. The lowest BCUT2D eigenvalue weighted by Crippen LogP contribution is -2.52. The third-order valence-electron chi connectivity index (χ3n) is 4.52. The first-order valence-electron chi connectivity index (χ1n) is 6.98. The number of carbonyl (C=O) groups is 1. The Bertz CT molecular complexity index is 301. The Hall–Kier alpha value is -0.610. The molecule has 1 saturated heterocycles. The van der Waals surface area contributed by atoms with E-state index in [-0.39, 0.29) is 17.5 Å². The molecule has 1 saturated carbocycles. The topological polar surface area (TPSA) is 38.8 Å². The van der Waals surface area contributed by atoms with Gasteiger partial charge in [-0.05, 0) is 39.2 Å².